The Kier molecular flexibility index (Phi) is 3.37. The predicted octanol–water partition coefficient (Wildman–Crippen LogP) is 4.36. The van der Waals surface area contributed by atoms with E-state index in [9.17, 15) is 17.6 Å². The summed E-state index contributed by atoms with van der Waals surface area (Å²) in [5.74, 6) is -0.773. The molecule has 0 aromatic heterocycles. The van der Waals surface area contributed by atoms with Crippen molar-refractivity contribution in [2.24, 2.45) is 0 Å². The second kappa shape index (κ2) is 4.21. The van der Waals surface area contributed by atoms with Crippen LogP contribution >= 0.6 is 0 Å². The third kappa shape index (κ3) is 2.70. The first-order valence-corrected chi connectivity index (χ1v) is 4.73. The highest BCUT2D eigenvalue weighted by atomic mass is 19.4. The van der Waals surface area contributed by atoms with Gasteiger partial charge in [-0.2, -0.15) is 13.2 Å². The molecule has 0 fully saturated rings. The van der Waals surface area contributed by atoms with Crippen LogP contribution in [-0.4, -0.2) is 0 Å². The zero-order chi connectivity index (χ0) is 11.6. The fourth-order valence-corrected chi connectivity index (χ4v) is 1.32. The summed E-state index contributed by atoms with van der Waals surface area (Å²) in [7, 11) is 0. The van der Waals surface area contributed by atoms with Crippen molar-refractivity contribution < 1.29 is 17.6 Å². The SMILES string of the molecule is CCC(C)c1cc(C(F)(F)F)ccc1F. The molecule has 84 valence electrons. The minimum absolute atomic E-state index is 0.132. The van der Waals surface area contributed by atoms with Gasteiger partial charge in [-0.1, -0.05) is 13.8 Å². The number of hydrogen-bond acceptors (Lipinski definition) is 0. The van der Waals surface area contributed by atoms with Crippen molar-refractivity contribution in [3.8, 4) is 0 Å². The first kappa shape index (κ1) is 12.0. The van der Waals surface area contributed by atoms with Crippen LogP contribution in [0.25, 0.3) is 0 Å². The second-order valence-corrected chi connectivity index (χ2v) is 3.54. The van der Waals surface area contributed by atoms with Crippen LogP contribution in [0.15, 0.2) is 18.2 Å². The molecule has 1 atom stereocenters. The lowest BCUT2D eigenvalue weighted by atomic mass is 9.96. The maximum Gasteiger partial charge on any atom is 0.416 e. The van der Waals surface area contributed by atoms with Crippen LogP contribution in [0.3, 0.4) is 0 Å². The van der Waals surface area contributed by atoms with Crippen molar-refractivity contribution in [2.75, 3.05) is 0 Å². The second-order valence-electron chi connectivity index (χ2n) is 3.54. The van der Waals surface area contributed by atoms with E-state index in [4.69, 9.17) is 0 Å². The predicted molar refractivity (Wildman–Crippen MR) is 50.1 cm³/mol. The maximum atomic E-state index is 13.2. The van der Waals surface area contributed by atoms with Crippen LogP contribution in [0.5, 0.6) is 0 Å². The number of benzene rings is 1. The van der Waals surface area contributed by atoms with E-state index < -0.39 is 17.6 Å². The molecule has 1 aromatic carbocycles. The number of halogens is 4. The van der Waals surface area contributed by atoms with E-state index >= 15 is 0 Å². The summed E-state index contributed by atoms with van der Waals surface area (Å²) in [5, 5.41) is 0. The van der Waals surface area contributed by atoms with Crippen LogP contribution in [0, 0.1) is 5.82 Å². The summed E-state index contributed by atoms with van der Waals surface area (Å²) in [6.45, 7) is 3.52. The van der Waals surface area contributed by atoms with Crippen molar-refractivity contribution in [3.05, 3.63) is 35.1 Å². The van der Waals surface area contributed by atoms with Crippen molar-refractivity contribution in [1.29, 1.82) is 0 Å². The van der Waals surface area contributed by atoms with Crippen LogP contribution in [0.4, 0.5) is 17.6 Å². The minimum atomic E-state index is -4.41. The number of hydrogen-bond donors (Lipinski definition) is 0. The monoisotopic (exact) mass is 220 g/mol. The molecule has 0 bridgehead atoms. The standard InChI is InChI=1S/C11H12F4/c1-3-7(2)9-6-8(11(13,14)15)4-5-10(9)12/h4-7H,3H2,1-2H3. The average molecular weight is 220 g/mol. The van der Waals surface area contributed by atoms with Crippen LogP contribution in [0.1, 0.15) is 37.3 Å². The molecule has 0 heterocycles. The van der Waals surface area contributed by atoms with Crippen molar-refractivity contribution in [1.82, 2.24) is 0 Å². The highest BCUT2D eigenvalue weighted by molar-refractivity contribution is 5.29. The van der Waals surface area contributed by atoms with E-state index in [1.165, 1.54) is 0 Å². The Labute approximate surface area is 85.9 Å². The lowest BCUT2D eigenvalue weighted by Crippen LogP contribution is -2.07. The van der Waals surface area contributed by atoms with Crippen molar-refractivity contribution in [2.45, 2.75) is 32.4 Å². The van der Waals surface area contributed by atoms with Crippen molar-refractivity contribution in [3.63, 3.8) is 0 Å². The van der Waals surface area contributed by atoms with E-state index in [0.717, 1.165) is 18.2 Å². The lowest BCUT2D eigenvalue weighted by molar-refractivity contribution is -0.137. The van der Waals surface area contributed by atoms with E-state index in [0.29, 0.717) is 6.42 Å². The van der Waals surface area contributed by atoms with Gasteiger partial charge in [0.2, 0.25) is 0 Å². The average Bonchev–Trinajstić information content (AvgIpc) is 2.15. The van der Waals surface area contributed by atoms with Gasteiger partial charge in [0.15, 0.2) is 0 Å². The molecule has 0 aliphatic heterocycles. The molecule has 0 saturated carbocycles. The van der Waals surface area contributed by atoms with Gasteiger partial charge >= 0.3 is 6.18 Å². The molecule has 0 aliphatic carbocycles. The van der Waals surface area contributed by atoms with Crippen molar-refractivity contribution >= 4 is 0 Å². The molecule has 1 rings (SSSR count). The van der Waals surface area contributed by atoms with E-state index in [2.05, 4.69) is 0 Å². The van der Waals surface area contributed by atoms with E-state index in [1.54, 1.807) is 6.92 Å². The topological polar surface area (TPSA) is 0 Å². The Bertz CT molecular complexity index is 341. The van der Waals surface area contributed by atoms with Gasteiger partial charge < -0.3 is 0 Å². The summed E-state index contributed by atoms with van der Waals surface area (Å²) in [4.78, 5) is 0. The molecule has 0 saturated heterocycles. The molecule has 0 N–H and O–H groups in total. The largest absolute Gasteiger partial charge is 0.416 e. The molecule has 15 heavy (non-hydrogen) atoms. The first-order chi connectivity index (χ1) is 6.86. The van der Waals surface area contributed by atoms with Gasteiger partial charge in [0.05, 0.1) is 5.56 Å². The van der Waals surface area contributed by atoms with Gasteiger partial charge in [-0.3, -0.25) is 0 Å². The summed E-state index contributed by atoms with van der Waals surface area (Å²) >= 11 is 0. The molecule has 0 aliphatic rings. The summed E-state index contributed by atoms with van der Waals surface area (Å²) < 4.78 is 50.3. The summed E-state index contributed by atoms with van der Waals surface area (Å²) in [6.07, 6.45) is -3.80. The molecule has 0 radical (unpaired) electrons. The molecule has 1 unspecified atom stereocenters. The van der Waals surface area contributed by atoms with Gasteiger partial charge in [0, 0.05) is 0 Å². The van der Waals surface area contributed by atoms with Gasteiger partial charge in [-0.15, -0.1) is 0 Å². The lowest BCUT2D eigenvalue weighted by Gasteiger charge is -2.13. The zero-order valence-electron chi connectivity index (χ0n) is 8.53. The van der Waals surface area contributed by atoms with E-state index in [-0.39, 0.29) is 11.5 Å². The molecule has 1 aromatic rings. The van der Waals surface area contributed by atoms with Crippen LogP contribution in [0.2, 0.25) is 0 Å². The third-order valence-corrected chi connectivity index (χ3v) is 2.47. The molecule has 0 amide bonds. The third-order valence-electron chi connectivity index (χ3n) is 2.47. The van der Waals surface area contributed by atoms with Gasteiger partial charge in [0.1, 0.15) is 5.82 Å². The summed E-state index contributed by atoms with van der Waals surface area (Å²) in [6, 6.07) is 2.54. The van der Waals surface area contributed by atoms with Gasteiger partial charge in [-0.05, 0) is 36.1 Å². The highest BCUT2D eigenvalue weighted by Crippen LogP contribution is 2.32. The Balaban J connectivity index is 3.17. The zero-order valence-corrected chi connectivity index (χ0v) is 8.53. The minimum Gasteiger partial charge on any atom is -0.207 e. The van der Waals surface area contributed by atoms with Crippen LogP contribution in [-0.2, 0) is 6.18 Å². The maximum absolute atomic E-state index is 13.2. The molecular weight excluding hydrogens is 208 g/mol. The smallest absolute Gasteiger partial charge is 0.207 e. The van der Waals surface area contributed by atoms with Crippen LogP contribution < -0.4 is 0 Å². The van der Waals surface area contributed by atoms with E-state index in [1.807, 2.05) is 6.92 Å². The fourth-order valence-electron chi connectivity index (χ4n) is 1.32. The Morgan fingerprint density at radius 2 is 1.87 bits per heavy atom. The molecule has 4 heteroatoms. The Morgan fingerprint density at radius 3 is 2.33 bits per heavy atom. The summed E-state index contributed by atoms with van der Waals surface area (Å²) in [5.41, 5.74) is -0.661. The van der Waals surface area contributed by atoms with Gasteiger partial charge in [0.25, 0.3) is 0 Å². The highest BCUT2D eigenvalue weighted by Gasteiger charge is 2.31. The number of rotatable bonds is 2. The molecular formula is C11H12F4. The Morgan fingerprint density at radius 1 is 1.27 bits per heavy atom. The molecule has 0 nitrogen and oxygen atoms in total. The number of alkyl halides is 3. The first-order valence-electron chi connectivity index (χ1n) is 4.73. The fraction of sp³-hybridized carbons (Fsp3) is 0.455. The molecule has 0 spiro atoms. The quantitative estimate of drug-likeness (QED) is 0.649. The van der Waals surface area contributed by atoms with Gasteiger partial charge in [-0.25, -0.2) is 4.39 Å². The Hall–Kier alpha value is -1.06. The normalized spacial score (nSPS) is 14.0.